The van der Waals surface area contributed by atoms with Crippen LogP contribution in [0.3, 0.4) is 0 Å². The zero-order valence-corrected chi connectivity index (χ0v) is 17.1. The highest BCUT2D eigenvalue weighted by molar-refractivity contribution is 5.92. The molecule has 1 N–H and O–H groups in total. The van der Waals surface area contributed by atoms with Gasteiger partial charge in [-0.25, -0.2) is 13.2 Å². The summed E-state index contributed by atoms with van der Waals surface area (Å²) in [6, 6.07) is 11.8. The normalized spacial score (nSPS) is 16.2. The van der Waals surface area contributed by atoms with E-state index >= 15 is 0 Å². The molecule has 30 heavy (non-hydrogen) atoms. The molecule has 6 heteroatoms. The van der Waals surface area contributed by atoms with Crippen molar-refractivity contribution < 1.29 is 17.9 Å². The van der Waals surface area contributed by atoms with E-state index in [1.54, 1.807) is 13.0 Å². The lowest BCUT2D eigenvalue weighted by Gasteiger charge is -2.23. The molecule has 1 aliphatic rings. The summed E-state index contributed by atoms with van der Waals surface area (Å²) in [5.41, 5.74) is 3.38. The largest absolute Gasteiger partial charge is 0.381 e. The number of nitrogens with zero attached hydrogens (tertiary/aromatic N) is 1. The second-order valence-corrected chi connectivity index (χ2v) is 7.89. The summed E-state index contributed by atoms with van der Waals surface area (Å²) in [4.78, 5) is 4.62. The summed E-state index contributed by atoms with van der Waals surface area (Å²) in [7, 11) is 0. The summed E-state index contributed by atoms with van der Waals surface area (Å²) in [5, 5.41) is 4.28. The van der Waals surface area contributed by atoms with Crippen molar-refractivity contribution in [1.29, 1.82) is 0 Å². The Hall–Kier alpha value is -2.60. The fourth-order valence-electron chi connectivity index (χ4n) is 4.16. The third-order valence-corrected chi connectivity index (χ3v) is 5.79. The number of aromatic nitrogens is 1. The zero-order chi connectivity index (χ0) is 21.3. The molecule has 1 unspecified atom stereocenters. The topological polar surface area (TPSA) is 34.1 Å². The van der Waals surface area contributed by atoms with Crippen LogP contribution in [0.25, 0.3) is 10.9 Å². The van der Waals surface area contributed by atoms with Crippen LogP contribution in [-0.2, 0) is 4.74 Å². The van der Waals surface area contributed by atoms with Crippen molar-refractivity contribution >= 4 is 16.6 Å². The smallest absolute Gasteiger partial charge is 0.266 e. The number of hydrogen-bond donors (Lipinski definition) is 1. The van der Waals surface area contributed by atoms with Crippen molar-refractivity contribution in [2.45, 2.75) is 45.1 Å². The summed E-state index contributed by atoms with van der Waals surface area (Å²) < 4.78 is 46.3. The van der Waals surface area contributed by atoms with Gasteiger partial charge in [-0.15, -0.1) is 0 Å². The molecular formula is C24H25F3N2O. The van der Waals surface area contributed by atoms with Gasteiger partial charge in [0.1, 0.15) is 5.82 Å². The lowest BCUT2D eigenvalue weighted by Crippen LogP contribution is -2.14. The molecule has 4 rings (SSSR count). The van der Waals surface area contributed by atoms with Gasteiger partial charge in [-0.2, -0.15) is 0 Å². The summed E-state index contributed by atoms with van der Waals surface area (Å²) in [6.45, 7) is 5.20. The Kier molecular flexibility index (Phi) is 5.95. The fourth-order valence-corrected chi connectivity index (χ4v) is 4.16. The van der Waals surface area contributed by atoms with Gasteiger partial charge in [0.25, 0.3) is 6.43 Å². The van der Waals surface area contributed by atoms with E-state index in [0.29, 0.717) is 5.92 Å². The van der Waals surface area contributed by atoms with Crippen LogP contribution in [0.1, 0.15) is 60.5 Å². The number of ether oxygens (including phenoxy) is 1. The number of aryl methyl sites for hydroxylation is 1. The zero-order valence-electron chi connectivity index (χ0n) is 17.1. The molecule has 0 bridgehead atoms. The molecule has 2 aromatic carbocycles. The first-order valence-electron chi connectivity index (χ1n) is 10.3. The predicted molar refractivity (Wildman–Crippen MR) is 113 cm³/mol. The molecular weight excluding hydrogens is 389 g/mol. The van der Waals surface area contributed by atoms with Crippen LogP contribution in [0, 0.1) is 12.7 Å². The molecule has 0 aliphatic carbocycles. The second-order valence-electron chi connectivity index (χ2n) is 7.89. The van der Waals surface area contributed by atoms with E-state index in [1.807, 2.05) is 19.1 Å². The third-order valence-electron chi connectivity index (χ3n) is 5.79. The van der Waals surface area contributed by atoms with Gasteiger partial charge in [-0.3, -0.25) is 4.98 Å². The summed E-state index contributed by atoms with van der Waals surface area (Å²) in [6.07, 6.45) is -0.881. The minimum absolute atomic E-state index is 0.219. The standard InChI is InChI=1S/C24H25F3N2O/c1-14-12-22(29-15(2)18-4-3-5-19(23(18)25)24(26)27)20-13-17(6-7-21(20)28-14)16-8-10-30-11-9-16/h3-7,12-13,15-16,24H,8-11H2,1-2H3,(H,28,29). The van der Waals surface area contributed by atoms with Gasteiger partial charge in [0, 0.05) is 35.5 Å². The number of nitrogens with one attached hydrogen (secondary N) is 1. The number of benzene rings is 2. The Balaban J connectivity index is 1.70. The van der Waals surface area contributed by atoms with Crippen molar-refractivity contribution in [2.24, 2.45) is 0 Å². The van der Waals surface area contributed by atoms with E-state index in [4.69, 9.17) is 4.74 Å². The molecule has 1 aliphatic heterocycles. The molecule has 3 nitrogen and oxygen atoms in total. The fraction of sp³-hybridized carbons (Fsp3) is 0.375. The maximum atomic E-state index is 14.6. The van der Waals surface area contributed by atoms with Crippen molar-refractivity contribution in [1.82, 2.24) is 4.98 Å². The number of alkyl halides is 2. The van der Waals surface area contributed by atoms with Gasteiger partial charge in [-0.05, 0) is 56.4 Å². The van der Waals surface area contributed by atoms with Crippen molar-refractivity contribution in [2.75, 3.05) is 18.5 Å². The molecule has 0 saturated carbocycles. The van der Waals surface area contributed by atoms with E-state index in [2.05, 4.69) is 22.4 Å². The average molecular weight is 414 g/mol. The first-order valence-corrected chi connectivity index (χ1v) is 10.3. The first-order chi connectivity index (χ1) is 14.4. The number of pyridine rings is 1. The van der Waals surface area contributed by atoms with Crippen LogP contribution in [-0.4, -0.2) is 18.2 Å². The number of anilines is 1. The lowest BCUT2D eigenvalue weighted by atomic mass is 9.90. The van der Waals surface area contributed by atoms with Crippen molar-refractivity contribution in [3.8, 4) is 0 Å². The predicted octanol–water partition coefficient (Wildman–Crippen LogP) is 6.69. The Labute approximate surface area is 174 Å². The lowest BCUT2D eigenvalue weighted by molar-refractivity contribution is 0.0853. The second kappa shape index (κ2) is 8.64. The maximum Gasteiger partial charge on any atom is 0.266 e. The minimum atomic E-state index is -2.84. The SMILES string of the molecule is Cc1cc(NC(C)c2cccc(C(F)F)c2F)c2cc(C3CCOCC3)ccc2n1. The van der Waals surface area contributed by atoms with Crippen molar-refractivity contribution in [3.63, 3.8) is 0 Å². The molecule has 0 spiro atoms. The molecule has 0 amide bonds. The first kappa shape index (κ1) is 20.7. The molecule has 1 saturated heterocycles. The maximum absolute atomic E-state index is 14.6. The van der Waals surface area contributed by atoms with Crippen molar-refractivity contribution in [3.05, 3.63) is 70.7 Å². The monoisotopic (exact) mass is 414 g/mol. The van der Waals surface area contributed by atoms with Crippen LogP contribution < -0.4 is 5.32 Å². The van der Waals surface area contributed by atoms with E-state index < -0.39 is 23.8 Å². The molecule has 1 aromatic heterocycles. The van der Waals surface area contributed by atoms with E-state index in [-0.39, 0.29) is 5.56 Å². The van der Waals surface area contributed by atoms with Crippen LogP contribution >= 0.6 is 0 Å². The van der Waals surface area contributed by atoms with Crippen LogP contribution in [0.2, 0.25) is 0 Å². The van der Waals surface area contributed by atoms with Gasteiger partial charge < -0.3 is 10.1 Å². The molecule has 0 radical (unpaired) electrons. The number of fused-ring (bicyclic) bond motifs is 1. The van der Waals surface area contributed by atoms with Gasteiger partial charge >= 0.3 is 0 Å². The van der Waals surface area contributed by atoms with E-state index in [1.165, 1.54) is 11.6 Å². The summed E-state index contributed by atoms with van der Waals surface area (Å²) >= 11 is 0. The molecule has 3 aromatic rings. The van der Waals surface area contributed by atoms with E-state index in [0.717, 1.165) is 54.4 Å². The number of hydrogen-bond acceptors (Lipinski definition) is 3. The Morgan fingerprint density at radius 1 is 1.07 bits per heavy atom. The highest BCUT2D eigenvalue weighted by atomic mass is 19.3. The highest BCUT2D eigenvalue weighted by Crippen LogP contribution is 2.34. The molecule has 1 fully saturated rings. The molecule has 158 valence electrons. The molecule has 1 atom stereocenters. The number of rotatable bonds is 5. The van der Waals surface area contributed by atoms with E-state index in [9.17, 15) is 13.2 Å². The summed E-state index contributed by atoms with van der Waals surface area (Å²) in [5.74, 6) is -0.416. The quantitative estimate of drug-likeness (QED) is 0.505. The Morgan fingerprint density at radius 3 is 2.53 bits per heavy atom. The Morgan fingerprint density at radius 2 is 1.80 bits per heavy atom. The number of halogens is 3. The molecule has 2 heterocycles. The van der Waals surface area contributed by atoms with Gasteiger partial charge in [0.15, 0.2) is 0 Å². The van der Waals surface area contributed by atoms with Gasteiger partial charge in [0.2, 0.25) is 0 Å². The minimum Gasteiger partial charge on any atom is -0.381 e. The van der Waals surface area contributed by atoms with Crippen LogP contribution in [0.4, 0.5) is 18.9 Å². The van der Waals surface area contributed by atoms with Crippen LogP contribution in [0.5, 0.6) is 0 Å². The van der Waals surface area contributed by atoms with Crippen LogP contribution in [0.15, 0.2) is 42.5 Å². The Bertz CT molecular complexity index is 1050. The third kappa shape index (κ3) is 4.15. The van der Waals surface area contributed by atoms with Gasteiger partial charge in [-0.1, -0.05) is 24.3 Å². The highest BCUT2D eigenvalue weighted by Gasteiger charge is 2.21. The average Bonchev–Trinajstić information content (AvgIpc) is 2.74. The van der Waals surface area contributed by atoms with Gasteiger partial charge in [0.05, 0.1) is 17.1 Å².